The number of anilines is 1. The predicted molar refractivity (Wildman–Crippen MR) is 120 cm³/mol. The molecule has 0 aliphatic heterocycles. The molecule has 3 rings (SSSR count). The SMILES string of the molecule is C[C@@H](Sc1nnc(-c2ccc(C(C)(C)C)cc2)n1C)C(=O)Nc1cccc(C#N)c1. The van der Waals surface area contributed by atoms with Crippen LogP contribution in [0.1, 0.15) is 38.8 Å². The van der Waals surface area contributed by atoms with Crippen molar-refractivity contribution < 1.29 is 4.79 Å². The zero-order chi connectivity index (χ0) is 21.9. The summed E-state index contributed by atoms with van der Waals surface area (Å²) in [7, 11) is 1.90. The van der Waals surface area contributed by atoms with Crippen LogP contribution >= 0.6 is 11.8 Å². The van der Waals surface area contributed by atoms with E-state index in [4.69, 9.17) is 5.26 Å². The highest BCUT2D eigenvalue weighted by Crippen LogP contribution is 2.28. The van der Waals surface area contributed by atoms with Crippen LogP contribution in [0.4, 0.5) is 5.69 Å². The third-order valence-corrected chi connectivity index (χ3v) is 5.89. The van der Waals surface area contributed by atoms with Gasteiger partial charge in [0.15, 0.2) is 11.0 Å². The van der Waals surface area contributed by atoms with E-state index in [0.29, 0.717) is 16.4 Å². The second-order valence-electron chi connectivity index (χ2n) is 8.13. The van der Waals surface area contributed by atoms with Crippen molar-refractivity contribution in [2.75, 3.05) is 5.32 Å². The monoisotopic (exact) mass is 419 g/mol. The third kappa shape index (κ3) is 4.89. The molecule has 0 bridgehead atoms. The van der Waals surface area contributed by atoms with Gasteiger partial charge in [0, 0.05) is 18.3 Å². The molecule has 0 aliphatic rings. The minimum absolute atomic E-state index is 0.0922. The van der Waals surface area contributed by atoms with Gasteiger partial charge in [0.25, 0.3) is 0 Å². The van der Waals surface area contributed by atoms with Gasteiger partial charge in [0.2, 0.25) is 5.91 Å². The lowest BCUT2D eigenvalue weighted by molar-refractivity contribution is -0.115. The van der Waals surface area contributed by atoms with Crippen molar-refractivity contribution in [3.05, 3.63) is 59.7 Å². The Balaban J connectivity index is 1.71. The second-order valence-corrected chi connectivity index (χ2v) is 9.44. The van der Waals surface area contributed by atoms with E-state index in [1.165, 1.54) is 17.3 Å². The highest BCUT2D eigenvalue weighted by atomic mass is 32.2. The number of aromatic nitrogens is 3. The number of carbonyl (C=O) groups is 1. The molecule has 3 aromatic rings. The first kappa shape index (κ1) is 21.6. The number of rotatable bonds is 5. The Kier molecular flexibility index (Phi) is 6.28. The molecule has 0 unspecified atom stereocenters. The number of carbonyl (C=O) groups excluding carboxylic acids is 1. The molecule has 1 aromatic heterocycles. The summed E-state index contributed by atoms with van der Waals surface area (Å²) in [6.07, 6.45) is 0. The lowest BCUT2D eigenvalue weighted by atomic mass is 9.87. The van der Waals surface area contributed by atoms with Gasteiger partial charge < -0.3 is 9.88 Å². The summed E-state index contributed by atoms with van der Waals surface area (Å²) in [5.74, 6) is 0.599. The number of nitriles is 1. The maximum Gasteiger partial charge on any atom is 0.237 e. The molecule has 6 nitrogen and oxygen atoms in total. The Morgan fingerprint density at radius 1 is 1.17 bits per heavy atom. The lowest BCUT2D eigenvalue weighted by Gasteiger charge is -2.19. The summed E-state index contributed by atoms with van der Waals surface area (Å²) in [5, 5.41) is 20.7. The first-order valence-electron chi connectivity index (χ1n) is 9.67. The van der Waals surface area contributed by atoms with Gasteiger partial charge in [-0.1, -0.05) is 62.9 Å². The fourth-order valence-corrected chi connectivity index (χ4v) is 3.72. The Labute approximate surface area is 181 Å². The minimum atomic E-state index is -0.380. The Bertz CT molecular complexity index is 1090. The molecule has 0 aliphatic carbocycles. The van der Waals surface area contributed by atoms with Gasteiger partial charge >= 0.3 is 0 Å². The molecule has 1 amide bonds. The van der Waals surface area contributed by atoms with E-state index in [9.17, 15) is 4.79 Å². The van der Waals surface area contributed by atoms with Gasteiger partial charge in [-0.2, -0.15) is 5.26 Å². The molecule has 1 heterocycles. The molecule has 7 heteroatoms. The van der Waals surface area contributed by atoms with Gasteiger partial charge in [-0.3, -0.25) is 4.79 Å². The minimum Gasteiger partial charge on any atom is -0.325 e. The smallest absolute Gasteiger partial charge is 0.237 e. The van der Waals surface area contributed by atoms with Crippen LogP contribution < -0.4 is 5.32 Å². The van der Waals surface area contributed by atoms with Crippen LogP contribution in [0.3, 0.4) is 0 Å². The number of nitrogens with one attached hydrogen (secondary N) is 1. The topological polar surface area (TPSA) is 83.6 Å². The molecule has 0 spiro atoms. The second kappa shape index (κ2) is 8.72. The molecule has 0 saturated carbocycles. The molecule has 2 aromatic carbocycles. The van der Waals surface area contributed by atoms with Crippen molar-refractivity contribution in [1.29, 1.82) is 5.26 Å². The zero-order valence-corrected chi connectivity index (χ0v) is 18.6. The number of hydrogen-bond acceptors (Lipinski definition) is 5. The number of amides is 1. The standard InChI is InChI=1S/C23H25N5OS/c1-15(21(29)25-19-8-6-7-16(13-19)14-24)30-22-27-26-20(28(22)5)17-9-11-18(12-10-17)23(2,3)4/h6-13,15H,1-5H3,(H,25,29)/t15-/m1/s1. The molecule has 30 heavy (non-hydrogen) atoms. The Morgan fingerprint density at radius 2 is 1.87 bits per heavy atom. The van der Waals surface area contributed by atoms with E-state index in [-0.39, 0.29) is 16.6 Å². The highest BCUT2D eigenvalue weighted by Gasteiger charge is 2.20. The van der Waals surface area contributed by atoms with Crippen molar-refractivity contribution in [3.63, 3.8) is 0 Å². The van der Waals surface area contributed by atoms with Crippen molar-refractivity contribution in [2.45, 2.75) is 43.5 Å². The van der Waals surface area contributed by atoms with Crippen molar-refractivity contribution in [3.8, 4) is 17.5 Å². The summed E-state index contributed by atoms with van der Waals surface area (Å²) >= 11 is 1.34. The summed E-state index contributed by atoms with van der Waals surface area (Å²) in [5.41, 5.74) is 3.44. The largest absolute Gasteiger partial charge is 0.325 e. The summed E-state index contributed by atoms with van der Waals surface area (Å²) in [6, 6.07) is 17.3. The molecule has 1 atom stereocenters. The highest BCUT2D eigenvalue weighted by molar-refractivity contribution is 8.00. The van der Waals surface area contributed by atoms with Crippen LogP contribution in [-0.4, -0.2) is 25.9 Å². The summed E-state index contributed by atoms with van der Waals surface area (Å²) < 4.78 is 1.90. The maximum atomic E-state index is 12.6. The molecule has 0 saturated heterocycles. The first-order valence-corrected chi connectivity index (χ1v) is 10.5. The Morgan fingerprint density at radius 3 is 2.50 bits per heavy atom. The molecular formula is C23H25N5OS. The number of hydrogen-bond donors (Lipinski definition) is 1. The summed E-state index contributed by atoms with van der Waals surface area (Å²) in [4.78, 5) is 12.6. The summed E-state index contributed by atoms with van der Waals surface area (Å²) in [6.45, 7) is 8.37. The molecule has 0 fully saturated rings. The van der Waals surface area contributed by atoms with Crippen LogP contribution in [-0.2, 0) is 17.3 Å². The fourth-order valence-electron chi connectivity index (χ4n) is 2.91. The van der Waals surface area contributed by atoms with E-state index in [0.717, 1.165) is 11.4 Å². The molecule has 1 N–H and O–H groups in total. The normalized spacial score (nSPS) is 12.3. The molecular weight excluding hydrogens is 394 g/mol. The van der Waals surface area contributed by atoms with Gasteiger partial charge in [0.1, 0.15) is 0 Å². The van der Waals surface area contributed by atoms with Crippen molar-refractivity contribution >= 4 is 23.4 Å². The predicted octanol–water partition coefficient (Wildman–Crippen LogP) is 4.77. The lowest BCUT2D eigenvalue weighted by Crippen LogP contribution is -2.22. The molecule has 154 valence electrons. The number of benzene rings is 2. The number of nitrogens with zero attached hydrogens (tertiary/aromatic N) is 4. The van der Waals surface area contributed by atoms with Gasteiger partial charge in [-0.25, -0.2) is 0 Å². The third-order valence-electron chi connectivity index (χ3n) is 4.75. The number of thioether (sulfide) groups is 1. The van der Waals surface area contributed by atoms with E-state index >= 15 is 0 Å². The van der Waals surface area contributed by atoms with Gasteiger partial charge in [-0.05, 0) is 36.1 Å². The van der Waals surface area contributed by atoms with Crippen LogP contribution in [0.25, 0.3) is 11.4 Å². The molecule has 0 radical (unpaired) electrons. The van der Waals surface area contributed by atoms with Crippen LogP contribution in [0.5, 0.6) is 0 Å². The quantitative estimate of drug-likeness (QED) is 0.602. The Hall–Kier alpha value is -3.11. The van der Waals surface area contributed by atoms with Crippen LogP contribution in [0.15, 0.2) is 53.7 Å². The van der Waals surface area contributed by atoms with E-state index in [2.05, 4.69) is 66.6 Å². The van der Waals surface area contributed by atoms with E-state index in [1.807, 2.05) is 18.5 Å². The van der Waals surface area contributed by atoms with Gasteiger partial charge in [0.05, 0.1) is 16.9 Å². The average molecular weight is 420 g/mol. The average Bonchev–Trinajstić information content (AvgIpc) is 3.07. The van der Waals surface area contributed by atoms with Crippen LogP contribution in [0.2, 0.25) is 0 Å². The van der Waals surface area contributed by atoms with E-state index in [1.54, 1.807) is 24.3 Å². The zero-order valence-electron chi connectivity index (χ0n) is 17.8. The van der Waals surface area contributed by atoms with Gasteiger partial charge in [-0.15, -0.1) is 10.2 Å². The van der Waals surface area contributed by atoms with Crippen LogP contribution in [0, 0.1) is 11.3 Å². The van der Waals surface area contributed by atoms with Crippen molar-refractivity contribution in [1.82, 2.24) is 14.8 Å². The van der Waals surface area contributed by atoms with Crippen molar-refractivity contribution in [2.24, 2.45) is 7.05 Å². The first-order chi connectivity index (χ1) is 14.2. The fraction of sp³-hybridized carbons (Fsp3) is 0.304. The van der Waals surface area contributed by atoms with E-state index < -0.39 is 0 Å². The maximum absolute atomic E-state index is 12.6.